The summed E-state index contributed by atoms with van der Waals surface area (Å²) < 4.78 is 0.928. The Bertz CT molecular complexity index is 352. The fourth-order valence-corrected chi connectivity index (χ4v) is 1.60. The summed E-state index contributed by atoms with van der Waals surface area (Å²) >= 11 is 3.38. The summed E-state index contributed by atoms with van der Waals surface area (Å²) in [6.45, 7) is 2.49. The zero-order valence-electron chi connectivity index (χ0n) is 8.59. The van der Waals surface area contributed by atoms with Crippen LogP contribution in [0.1, 0.15) is 22.3 Å². The van der Waals surface area contributed by atoms with Crippen molar-refractivity contribution in [3.05, 3.63) is 33.8 Å². The molecule has 0 saturated carbocycles. The van der Waals surface area contributed by atoms with E-state index in [1.165, 1.54) is 0 Å². The van der Waals surface area contributed by atoms with Crippen LogP contribution in [0.15, 0.2) is 22.7 Å². The van der Waals surface area contributed by atoms with E-state index in [0.29, 0.717) is 18.5 Å². The van der Waals surface area contributed by atoms with Gasteiger partial charge in [-0.15, -0.1) is 0 Å². The molecule has 0 aliphatic heterocycles. The minimum absolute atomic E-state index is 0.0950. The van der Waals surface area contributed by atoms with Crippen LogP contribution in [-0.4, -0.2) is 24.2 Å². The minimum atomic E-state index is -0.0951. The maximum Gasteiger partial charge on any atom is 0.251 e. The highest BCUT2D eigenvalue weighted by atomic mass is 79.9. The number of hydrogen-bond donors (Lipinski definition) is 2. The van der Waals surface area contributed by atoms with Gasteiger partial charge in [-0.25, -0.2) is 0 Å². The largest absolute Gasteiger partial charge is 0.396 e. The molecule has 82 valence electrons. The van der Waals surface area contributed by atoms with Crippen molar-refractivity contribution in [3.8, 4) is 0 Å². The maximum atomic E-state index is 11.7. The fourth-order valence-electron chi connectivity index (χ4n) is 1.23. The zero-order chi connectivity index (χ0) is 11.3. The second-order valence-corrected chi connectivity index (χ2v) is 4.10. The van der Waals surface area contributed by atoms with E-state index in [1.54, 1.807) is 6.07 Å². The van der Waals surface area contributed by atoms with E-state index >= 15 is 0 Å². The van der Waals surface area contributed by atoms with E-state index in [-0.39, 0.29) is 12.5 Å². The molecule has 1 aromatic rings. The van der Waals surface area contributed by atoms with Crippen LogP contribution in [0, 0.1) is 6.92 Å². The van der Waals surface area contributed by atoms with Gasteiger partial charge in [0.1, 0.15) is 0 Å². The smallest absolute Gasteiger partial charge is 0.251 e. The first-order valence-electron chi connectivity index (χ1n) is 4.81. The van der Waals surface area contributed by atoms with Crippen LogP contribution in [0.5, 0.6) is 0 Å². The topological polar surface area (TPSA) is 49.3 Å². The molecule has 0 unspecified atom stereocenters. The lowest BCUT2D eigenvalue weighted by Gasteiger charge is -2.07. The molecule has 0 atom stereocenters. The summed E-state index contributed by atoms with van der Waals surface area (Å²) in [6.07, 6.45) is 0.582. The van der Waals surface area contributed by atoms with Crippen molar-refractivity contribution in [2.75, 3.05) is 13.2 Å². The van der Waals surface area contributed by atoms with Crippen LogP contribution in [0.3, 0.4) is 0 Å². The Morgan fingerprint density at radius 2 is 2.27 bits per heavy atom. The number of hydrogen-bond acceptors (Lipinski definition) is 2. The van der Waals surface area contributed by atoms with Gasteiger partial charge in [-0.1, -0.05) is 22.0 Å². The predicted molar refractivity (Wildman–Crippen MR) is 62.9 cm³/mol. The quantitative estimate of drug-likeness (QED) is 0.822. The van der Waals surface area contributed by atoms with Crippen LogP contribution < -0.4 is 5.32 Å². The highest BCUT2D eigenvalue weighted by Crippen LogP contribution is 2.19. The monoisotopic (exact) mass is 271 g/mol. The molecule has 0 aliphatic rings. The van der Waals surface area contributed by atoms with Gasteiger partial charge in [-0.05, 0) is 31.0 Å². The summed E-state index contributed by atoms with van der Waals surface area (Å²) in [5, 5.41) is 11.3. The molecule has 15 heavy (non-hydrogen) atoms. The molecule has 1 aromatic carbocycles. The molecule has 3 nitrogen and oxygen atoms in total. The lowest BCUT2D eigenvalue weighted by atomic mass is 10.1. The predicted octanol–water partition coefficient (Wildman–Crippen LogP) is 1.87. The Hall–Kier alpha value is -0.870. The van der Waals surface area contributed by atoms with Gasteiger partial charge < -0.3 is 10.4 Å². The number of carbonyl (C=O) groups excluding carboxylic acids is 1. The molecule has 0 spiro atoms. The van der Waals surface area contributed by atoms with Gasteiger partial charge in [-0.3, -0.25) is 4.79 Å². The molecule has 1 rings (SSSR count). The third-order valence-electron chi connectivity index (χ3n) is 2.13. The summed E-state index contributed by atoms with van der Waals surface area (Å²) in [7, 11) is 0. The molecule has 0 heterocycles. The van der Waals surface area contributed by atoms with Crippen LogP contribution >= 0.6 is 15.9 Å². The zero-order valence-corrected chi connectivity index (χ0v) is 10.2. The van der Waals surface area contributed by atoms with Crippen molar-refractivity contribution in [2.24, 2.45) is 0 Å². The first-order chi connectivity index (χ1) is 7.16. The Morgan fingerprint density at radius 1 is 1.53 bits per heavy atom. The Kier molecular flexibility index (Phi) is 4.78. The Morgan fingerprint density at radius 3 is 2.93 bits per heavy atom. The number of aliphatic hydroxyl groups is 1. The third kappa shape index (κ3) is 3.32. The Balaban J connectivity index is 2.69. The highest BCUT2D eigenvalue weighted by Gasteiger charge is 2.09. The van der Waals surface area contributed by atoms with Crippen molar-refractivity contribution in [2.45, 2.75) is 13.3 Å². The van der Waals surface area contributed by atoms with Crippen LogP contribution in [0.25, 0.3) is 0 Å². The molecule has 0 bridgehead atoms. The van der Waals surface area contributed by atoms with Crippen molar-refractivity contribution in [1.29, 1.82) is 0 Å². The Labute approximate surface area is 97.6 Å². The molecule has 0 fully saturated rings. The van der Waals surface area contributed by atoms with E-state index in [4.69, 9.17) is 5.11 Å². The average Bonchev–Trinajstić information content (AvgIpc) is 2.22. The van der Waals surface area contributed by atoms with E-state index in [9.17, 15) is 4.79 Å². The molecular formula is C11H14BrNO2. The normalized spacial score (nSPS) is 10.1. The second kappa shape index (κ2) is 5.88. The summed E-state index contributed by atoms with van der Waals surface area (Å²) in [4.78, 5) is 11.7. The first-order valence-corrected chi connectivity index (χ1v) is 5.60. The molecular weight excluding hydrogens is 258 g/mol. The molecule has 1 amide bonds. The fraction of sp³-hybridized carbons (Fsp3) is 0.364. The van der Waals surface area contributed by atoms with Crippen molar-refractivity contribution >= 4 is 21.8 Å². The number of carbonyl (C=O) groups is 1. The van der Waals surface area contributed by atoms with E-state index in [0.717, 1.165) is 10.0 Å². The lowest BCUT2D eigenvalue weighted by molar-refractivity contribution is 0.0950. The number of halogens is 1. The van der Waals surface area contributed by atoms with Gasteiger partial charge in [0, 0.05) is 23.2 Å². The average molecular weight is 272 g/mol. The van der Waals surface area contributed by atoms with E-state index in [1.807, 2.05) is 19.1 Å². The minimum Gasteiger partial charge on any atom is -0.396 e. The number of amides is 1. The van der Waals surface area contributed by atoms with Gasteiger partial charge in [0.05, 0.1) is 0 Å². The highest BCUT2D eigenvalue weighted by molar-refractivity contribution is 9.10. The number of nitrogens with one attached hydrogen (secondary N) is 1. The second-order valence-electron chi connectivity index (χ2n) is 3.25. The molecule has 0 aliphatic carbocycles. The molecule has 0 aromatic heterocycles. The van der Waals surface area contributed by atoms with E-state index in [2.05, 4.69) is 21.2 Å². The summed E-state index contributed by atoms with van der Waals surface area (Å²) in [5.41, 5.74) is 1.60. The number of rotatable bonds is 4. The van der Waals surface area contributed by atoms with Gasteiger partial charge in [0.2, 0.25) is 0 Å². The van der Waals surface area contributed by atoms with Gasteiger partial charge in [-0.2, -0.15) is 0 Å². The summed E-state index contributed by atoms with van der Waals surface area (Å²) in [6, 6.07) is 5.52. The first kappa shape index (κ1) is 12.2. The number of aliphatic hydroxyl groups excluding tert-OH is 1. The molecule has 2 N–H and O–H groups in total. The van der Waals surface area contributed by atoms with Crippen LogP contribution in [0.2, 0.25) is 0 Å². The van der Waals surface area contributed by atoms with Crippen LogP contribution in [0.4, 0.5) is 0 Å². The van der Waals surface area contributed by atoms with Crippen molar-refractivity contribution < 1.29 is 9.90 Å². The standard InChI is InChI=1S/C11H14BrNO2/c1-8-9(4-2-5-10(8)12)11(15)13-6-3-7-14/h2,4-5,14H,3,6-7H2,1H3,(H,13,15). The van der Waals surface area contributed by atoms with E-state index < -0.39 is 0 Å². The third-order valence-corrected chi connectivity index (χ3v) is 2.99. The molecule has 0 saturated heterocycles. The van der Waals surface area contributed by atoms with Crippen molar-refractivity contribution in [1.82, 2.24) is 5.32 Å². The SMILES string of the molecule is Cc1c(Br)cccc1C(=O)NCCCO. The van der Waals surface area contributed by atoms with Gasteiger partial charge in [0.25, 0.3) is 5.91 Å². The molecule has 4 heteroatoms. The van der Waals surface area contributed by atoms with Crippen LogP contribution in [-0.2, 0) is 0 Å². The molecule has 0 radical (unpaired) electrons. The number of benzene rings is 1. The van der Waals surface area contributed by atoms with Crippen molar-refractivity contribution in [3.63, 3.8) is 0 Å². The maximum absolute atomic E-state index is 11.7. The summed E-state index contributed by atoms with van der Waals surface area (Å²) in [5.74, 6) is -0.0951. The lowest BCUT2D eigenvalue weighted by Crippen LogP contribution is -2.25. The van der Waals surface area contributed by atoms with Gasteiger partial charge >= 0.3 is 0 Å². The van der Waals surface area contributed by atoms with Gasteiger partial charge in [0.15, 0.2) is 0 Å².